The second-order valence-electron chi connectivity index (χ2n) is 11.5. The predicted molar refractivity (Wildman–Crippen MR) is 166 cm³/mol. The topological polar surface area (TPSA) is 66.0 Å². The number of amides is 1. The van der Waals surface area contributed by atoms with Crippen LogP contribution in [-0.4, -0.2) is 72.5 Å². The maximum atomic E-state index is 13.3. The van der Waals surface area contributed by atoms with Crippen LogP contribution in [0.25, 0.3) is 22.1 Å². The molecule has 1 amide bonds. The van der Waals surface area contributed by atoms with E-state index in [2.05, 4.69) is 64.4 Å². The Balaban J connectivity index is 0.968. The van der Waals surface area contributed by atoms with Gasteiger partial charge in [0, 0.05) is 55.2 Å². The van der Waals surface area contributed by atoms with Crippen LogP contribution in [0.4, 0.5) is 0 Å². The maximum Gasteiger partial charge on any atom is 0.239 e. The Morgan fingerprint density at radius 3 is 2.44 bits per heavy atom. The summed E-state index contributed by atoms with van der Waals surface area (Å²) in [6, 6.07) is 24.6. The van der Waals surface area contributed by atoms with Gasteiger partial charge in [-0.3, -0.25) is 9.69 Å². The van der Waals surface area contributed by atoms with Crippen molar-refractivity contribution in [2.45, 2.75) is 31.8 Å². The summed E-state index contributed by atoms with van der Waals surface area (Å²) in [5.74, 6) is 0.349. The summed E-state index contributed by atoms with van der Waals surface area (Å²) in [7, 11) is 0. The number of piperazine rings is 1. The van der Waals surface area contributed by atoms with Crippen LogP contribution in [0.2, 0.25) is 5.02 Å². The number of furan rings is 1. The molecule has 41 heavy (non-hydrogen) atoms. The first-order chi connectivity index (χ1) is 20.0. The molecule has 3 heterocycles. The molecular formula is C34H39ClN4O2. The van der Waals surface area contributed by atoms with Crippen LogP contribution >= 0.6 is 11.6 Å². The molecule has 0 radical (unpaired) electrons. The lowest BCUT2D eigenvalue weighted by Crippen LogP contribution is -2.55. The quantitative estimate of drug-likeness (QED) is 0.295. The van der Waals surface area contributed by atoms with Crippen LogP contribution in [0.1, 0.15) is 24.0 Å². The Hall–Kier alpha value is -3.16. The van der Waals surface area contributed by atoms with Crippen molar-refractivity contribution in [3.63, 3.8) is 0 Å². The molecule has 2 fully saturated rings. The minimum Gasteiger partial charge on any atom is -0.464 e. The van der Waals surface area contributed by atoms with Crippen LogP contribution in [-0.2, 0) is 17.8 Å². The van der Waals surface area contributed by atoms with E-state index in [0.29, 0.717) is 0 Å². The van der Waals surface area contributed by atoms with Crippen molar-refractivity contribution in [2.24, 2.45) is 11.7 Å². The highest BCUT2D eigenvalue weighted by atomic mass is 35.5. The highest BCUT2D eigenvalue weighted by Gasteiger charge is 2.32. The molecule has 1 aromatic heterocycles. The maximum absolute atomic E-state index is 13.3. The standard InChI is InChI=1S/C34H39ClN4O2/c35-30-9-10-31(25-5-2-1-3-6-25)28(23-30)13-17-37-15-11-26(12-16-37)32(36)34(40)39-20-18-38(19-21-39)24-29-8-4-7-27-14-22-41-33(27)29/h1-10,14,22-23,26,32H,11-13,15-21,24,36H2/t32-/m1/s1. The van der Waals surface area contributed by atoms with Gasteiger partial charge in [-0.05, 0) is 73.2 Å². The van der Waals surface area contributed by atoms with Gasteiger partial charge in [-0.15, -0.1) is 0 Å². The minimum absolute atomic E-state index is 0.114. The number of fused-ring (bicyclic) bond motifs is 1. The Morgan fingerprint density at radius 1 is 0.878 bits per heavy atom. The van der Waals surface area contributed by atoms with Crippen molar-refractivity contribution >= 4 is 28.5 Å². The Kier molecular flexibility index (Phi) is 8.73. The molecule has 7 heteroatoms. The number of carbonyl (C=O) groups excluding carboxylic acids is 1. The van der Waals surface area contributed by atoms with Crippen molar-refractivity contribution in [1.82, 2.24) is 14.7 Å². The van der Waals surface area contributed by atoms with Crippen molar-refractivity contribution in [3.8, 4) is 11.1 Å². The highest BCUT2D eigenvalue weighted by molar-refractivity contribution is 6.30. The van der Waals surface area contributed by atoms with E-state index < -0.39 is 6.04 Å². The zero-order valence-electron chi connectivity index (χ0n) is 23.6. The van der Waals surface area contributed by atoms with Crippen LogP contribution < -0.4 is 5.73 Å². The number of likely N-dealkylation sites (tertiary alicyclic amines) is 1. The molecule has 6 nitrogen and oxygen atoms in total. The van der Waals surface area contributed by atoms with Gasteiger partial charge in [0.25, 0.3) is 0 Å². The van der Waals surface area contributed by atoms with Gasteiger partial charge in [0.05, 0.1) is 12.3 Å². The predicted octanol–water partition coefficient (Wildman–Crippen LogP) is 5.68. The lowest BCUT2D eigenvalue weighted by atomic mass is 9.88. The number of nitrogens with zero attached hydrogens (tertiary/aromatic N) is 3. The average Bonchev–Trinajstić information content (AvgIpc) is 3.51. The van der Waals surface area contributed by atoms with E-state index in [1.165, 1.54) is 22.3 Å². The van der Waals surface area contributed by atoms with Crippen LogP contribution in [0, 0.1) is 5.92 Å². The molecule has 4 aromatic rings. The number of nitrogens with two attached hydrogens (primary N) is 1. The Labute approximate surface area is 247 Å². The fraction of sp³-hybridized carbons (Fsp3) is 0.382. The van der Waals surface area contributed by atoms with E-state index in [1.807, 2.05) is 23.1 Å². The van der Waals surface area contributed by atoms with E-state index in [1.54, 1.807) is 6.26 Å². The van der Waals surface area contributed by atoms with Crippen molar-refractivity contribution in [3.05, 3.63) is 95.2 Å². The summed E-state index contributed by atoms with van der Waals surface area (Å²) in [6.07, 6.45) is 4.61. The lowest BCUT2D eigenvalue weighted by molar-refractivity contribution is -0.136. The van der Waals surface area contributed by atoms with Crippen molar-refractivity contribution in [1.29, 1.82) is 0 Å². The molecule has 2 aliphatic heterocycles. The van der Waals surface area contributed by atoms with Gasteiger partial charge in [-0.25, -0.2) is 0 Å². The summed E-state index contributed by atoms with van der Waals surface area (Å²) in [4.78, 5) is 20.2. The molecule has 3 aromatic carbocycles. The molecule has 0 saturated carbocycles. The first-order valence-electron chi connectivity index (χ1n) is 14.8. The lowest BCUT2D eigenvalue weighted by Gasteiger charge is -2.39. The number of hydrogen-bond donors (Lipinski definition) is 1. The van der Waals surface area contributed by atoms with E-state index in [9.17, 15) is 4.79 Å². The van der Waals surface area contributed by atoms with Gasteiger partial charge < -0.3 is 20.0 Å². The number of para-hydroxylation sites is 1. The SMILES string of the molecule is N[C@@H](C(=O)N1CCN(Cc2cccc3ccoc23)CC1)C1CCN(CCc2cc(Cl)ccc2-c2ccccc2)CC1. The first kappa shape index (κ1) is 28.0. The van der Waals surface area contributed by atoms with Crippen molar-refractivity contribution < 1.29 is 9.21 Å². The van der Waals surface area contributed by atoms with Gasteiger partial charge in [0.1, 0.15) is 5.58 Å². The van der Waals surface area contributed by atoms with Crippen LogP contribution in [0.3, 0.4) is 0 Å². The number of benzene rings is 3. The van der Waals surface area contributed by atoms with E-state index in [0.717, 1.165) is 87.6 Å². The highest BCUT2D eigenvalue weighted by Crippen LogP contribution is 2.28. The summed E-state index contributed by atoms with van der Waals surface area (Å²) < 4.78 is 5.71. The van der Waals surface area contributed by atoms with Crippen LogP contribution in [0.15, 0.2) is 83.5 Å². The molecular weight excluding hydrogens is 532 g/mol. The van der Waals surface area contributed by atoms with E-state index >= 15 is 0 Å². The summed E-state index contributed by atoms with van der Waals surface area (Å²) in [6.45, 7) is 6.90. The van der Waals surface area contributed by atoms with Gasteiger partial charge >= 0.3 is 0 Å². The number of halogens is 1. The summed E-state index contributed by atoms with van der Waals surface area (Å²) in [5.41, 5.74) is 12.5. The molecule has 6 rings (SSSR count). The molecule has 0 bridgehead atoms. The third-order valence-corrected chi connectivity index (χ3v) is 9.15. The molecule has 214 valence electrons. The molecule has 2 saturated heterocycles. The second-order valence-corrected chi connectivity index (χ2v) is 11.9. The van der Waals surface area contributed by atoms with Crippen LogP contribution in [0.5, 0.6) is 0 Å². The van der Waals surface area contributed by atoms with E-state index in [4.69, 9.17) is 21.8 Å². The number of rotatable bonds is 8. The minimum atomic E-state index is -0.418. The molecule has 1 atom stereocenters. The largest absolute Gasteiger partial charge is 0.464 e. The fourth-order valence-electron chi connectivity index (χ4n) is 6.44. The zero-order chi connectivity index (χ0) is 28.2. The molecule has 0 unspecified atom stereocenters. The summed E-state index contributed by atoms with van der Waals surface area (Å²) >= 11 is 6.36. The third kappa shape index (κ3) is 6.52. The monoisotopic (exact) mass is 570 g/mol. The average molecular weight is 571 g/mol. The number of hydrogen-bond acceptors (Lipinski definition) is 5. The molecule has 2 N–H and O–H groups in total. The Morgan fingerprint density at radius 2 is 1.66 bits per heavy atom. The van der Waals surface area contributed by atoms with Gasteiger partial charge in [-0.1, -0.05) is 66.2 Å². The number of carbonyl (C=O) groups is 1. The molecule has 0 aliphatic carbocycles. The smallest absolute Gasteiger partial charge is 0.239 e. The van der Waals surface area contributed by atoms with Gasteiger partial charge in [0.15, 0.2) is 0 Å². The zero-order valence-corrected chi connectivity index (χ0v) is 24.3. The van der Waals surface area contributed by atoms with Crippen molar-refractivity contribution in [2.75, 3.05) is 45.8 Å². The van der Waals surface area contributed by atoms with Gasteiger partial charge in [-0.2, -0.15) is 0 Å². The molecule has 0 spiro atoms. The fourth-order valence-corrected chi connectivity index (χ4v) is 6.64. The second kappa shape index (κ2) is 12.8. The van der Waals surface area contributed by atoms with Gasteiger partial charge in [0.2, 0.25) is 5.91 Å². The Bertz CT molecular complexity index is 1460. The molecule has 2 aliphatic rings. The summed E-state index contributed by atoms with van der Waals surface area (Å²) in [5, 5.41) is 1.91. The first-order valence-corrected chi connectivity index (χ1v) is 15.2. The number of piperidine rings is 1. The van der Waals surface area contributed by atoms with E-state index in [-0.39, 0.29) is 11.8 Å². The third-order valence-electron chi connectivity index (χ3n) is 8.91. The normalized spacial score (nSPS) is 18.1.